The smallest absolute Gasteiger partial charge is 0.162 e. The third-order valence-corrected chi connectivity index (χ3v) is 5.82. The predicted octanol–water partition coefficient (Wildman–Crippen LogP) is 4.81. The Bertz CT molecular complexity index is 778. The first-order chi connectivity index (χ1) is 12.9. The van der Waals surface area contributed by atoms with Crippen LogP contribution in [0, 0.1) is 5.82 Å². The molecule has 5 heteroatoms. The second kappa shape index (κ2) is 8.51. The summed E-state index contributed by atoms with van der Waals surface area (Å²) in [5.74, 6) is -0.307. The summed E-state index contributed by atoms with van der Waals surface area (Å²) < 4.78 is 13.0. The topological polar surface area (TPSA) is 40.5 Å². The largest absolute Gasteiger partial charge is 0.385 e. The van der Waals surface area contributed by atoms with Gasteiger partial charge in [-0.1, -0.05) is 23.7 Å². The molecule has 1 aliphatic rings. The summed E-state index contributed by atoms with van der Waals surface area (Å²) >= 11 is 5.96. The number of Topliss-reactive ketones (excluding diaryl/α,β-unsaturated/α-hetero) is 1. The van der Waals surface area contributed by atoms with Crippen LogP contribution in [0.25, 0.3) is 0 Å². The minimum atomic E-state index is -0.858. The Balaban J connectivity index is 1.58. The van der Waals surface area contributed by atoms with Crippen LogP contribution in [0.3, 0.4) is 0 Å². The molecule has 2 atom stereocenters. The molecule has 1 aliphatic heterocycles. The van der Waals surface area contributed by atoms with E-state index in [1.807, 2.05) is 24.3 Å². The van der Waals surface area contributed by atoms with Gasteiger partial charge in [0.2, 0.25) is 0 Å². The molecule has 0 aliphatic carbocycles. The maximum absolute atomic E-state index is 13.0. The second-order valence-electron chi connectivity index (χ2n) is 7.45. The lowest BCUT2D eigenvalue weighted by molar-refractivity contribution is -0.0468. The highest BCUT2D eigenvalue weighted by molar-refractivity contribution is 6.30. The fourth-order valence-corrected chi connectivity index (χ4v) is 3.94. The molecule has 0 saturated carbocycles. The van der Waals surface area contributed by atoms with Crippen LogP contribution < -0.4 is 0 Å². The van der Waals surface area contributed by atoms with Crippen molar-refractivity contribution in [3.8, 4) is 0 Å². The first-order valence-corrected chi connectivity index (χ1v) is 9.73. The summed E-state index contributed by atoms with van der Waals surface area (Å²) in [7, 11) is 2.06. The van der Waals surface area contributed by atoms with Gasteiger partial charge in [-0.2, -0.15) is 0 Å². The zero-order chi connectivity index (χ0) is 19.4. The standard InChI is InChI=1S/C22H25ClFNO2/c1-25-14-13-22(27,17-7-9-18(23)10-8-17)15-20(25)3-2-4-21(26)16-5-11-19(24)12-6-16/h5-12,20,27H,2-4,13-15H2,1H3. The molecule has 0 bridgehead atoms. The van der Waals surface area contributed by atoms with Crippen molar-refractivity contribution in [1.29, 1.82) is 0 Å². The molecule has 0 amide bonds. The maximum Gasteiger partial charge on any atom is 0.162 e. The van der Waals surface area contributed by atoms with Gasteiger partial charge in [0.1, 0.15) is 5.82 Å². The summed E-state index contributed by atoms with van der Waals surface area (Å²) in [5, 5.41) is 11.8. The number of nitrogens with zero attached hydrogens (tertiary/aromatic N) is 1. The normalized spacial score (nSPS) is 23.3. The van der Waals surface area contributed by atoms with Gasteiger partial charge in [0.15, 0.2) is 5.78 Å². The summed E-state index contributed by atoms with van der Waals surface area (Å²) in [6.45, 7) is 0.801. The Hall–Kier alpha value is -1.75. The van der Waals surface area contributed by atoms with E-state index >= 15 is 0 Å². The van der Waals surface area contributed by atoms with Crippen molar-refractivity contribution in [1.82, 2.24) is 4.90 Å². The third-order valence-electron chi connectivity index (χ3n) is 5.56. The number of piperidine rings is 1. The number of likely N-dealkylation sites (tertiary alicyclic amines) is 1. The number of carbonyl (C=O) groups is 1. The number of rotatable bonds is 6. The highest BCUT2D eigenvalue weighted by Crippen LogP contribution is 2.37. The molecule has 144 valence electrons. The lowest BCUT2D eigenvalue weighted by atomic mass is 9.79. The molecule has 1 fully saturated rings. The van der Waals surface area contributed by atoms with Crippen LogP contribution in [0.15, 0.2) is 48.5 Å². The van der Waals surface area contributed by atoms with Crippen LogP contribution in [-0.2, 0) is 5.60 Å². The average molecular weight is 390 g/mol. The third kappa shape index (κ3) is 4.95. The van der Waals surface area contributed by atoms with E-state index in [0.29, 0.717) is 29.8 Å². The SMILES string of the molecule is CN1CCC(O)(c2ccc(Cl)cc2)CC1CCCC(=O)c1ccc(F)cc1. The van der Waals surface area contributed by atoms with Crippen LogP contribution >= 0.6 is 11.6 Å². The van der Waals surface area contributed by atoms with Crippen molar-refractivity contribution in [3.05, 3.63) is 70.5 Å². The molecule has 1 N–H and O–H groups in total. The van der Waals surface area contributed by atoms with E-state index in [9.17, 15) is 14.3 Å². The Kier molecular flexibility index (Phi) is 6.30. The number of aliphatic hydroxyl groups is 1. The lowest BCUT2D eigenvalue weighted by Crippen LogP contribution is -2.47. The lowest BCUT2D eigenvalue weighted by Gasteiger charge is -2.43. The Labute approximate surface area is 164 Å². The molecule has 0 aromatic heterocycles. The summed E-state index contributed by atoms with van der Waals surface area (Å²) in [6.07, 6.45) is 3.31. The van der Waals surface area contributed by atoms with Crippen molar-refractivity contribution in [2.45, 2.75) is 43.7 Å². The van der Waals surface area contributed by atoms with Crippen molar-refractivity contribution >= 4 is 17.4 Å². The van der Waals surface area contributed by atoms with E-state index < -0.39 is 5.60 Å². The van der Waals surface area contributed by atoms with Gasteiger partial charge in [0.05, 0.1) is 5.60 Å². The highest BCUT2D eigenvalue weighted by Gasteiger charge is 2.38. The molecule has 2 aromatic carbocycles. The molecule has 1 heterocycles. The first kappa shape index (κ1) is 20.0. The van der Waals surface area contributed by atoms with E-state index in [2.05, 4.69) is 11.9 Å². The average Bonchev–Trinajstić information content (AvgIpc) is 2.65. The minimum absolute atomic E-state index is 0.0291. The number of halogens is 2. The molecule has 0 radical (unpaired) electrons. The summed E-state index contributed by atoms with van der Waals surface area (Å²) in [5.41, 5.74) is 0.585. The fraction of sp³-hybridized carbons (Fsp3) is 0.409. The maximum atomic E-state index is 13.0. The van der Waals surface area contributed by atoms with Gasteiger partial charge >= 0.3 is 0 Å². The van der Waals surface area contributed by atoms with E-state index in [-0.39, 0.29) is 17.6 Å². The van der Waals surface area contributed by atoms with Crippen molar-refractivity contribution in [2.75, 3.05) is 13.6 Å². The monoisotopic (exact) mass is 389 g/mol. The van der Waals surface area contributed by atoms with Crippen molar-refractivity contribution in [3.63, 3.8) is 0 Å². The van der Waals surface area contributed by atoms with Gasteiger partial charge in [-0.3, -0.25) is 4.79 Å². The van der Waals surface area contributed by atoms with Crippen LogP contribution in [0.1, 0.15) is 48.0 Å². The minimum Gasteiger partial charge on any atom is -0.385 e. The molecule has 2 unspecified atom stereocenters. The number of ketones is 1. The first-order valence-electron chi connectivity index (χ1n) is 9.35. The predicted molar refractivity (Wildman–Crippen MR) is 106 cm³/mol. The number of hydrogen-bond donors (Lipinski definition) is 1. The van der Waals surface area contributed by atoms with E-state index in [1.165, 1.54) is 24.3 Å². The van der Waals surface area contributed by atoms with Crippen LogP contribution in [0.4, 0.5) is 4.39 Å². The Morgan fingerprint density at radius 2 is 1.89 bits per heavy atom. The van der Waals surface area contributed by atoms with Gasteiger partial charge in [-0.25, -0.2) is 4.39 Å². The Morgan fingerprint density at radius 3 is 2.56 bits per heavy atom. The van der Waals surface area contributed by atoms with Crippen molar-refractivity contribution < 1.29 is 14.3 Å². The molecule has 3 rings (SSSR count). The number of benzene rings is 2. The van der Waals surface area contributed by atoms with Crippen LogP contribution in [-0.4, -0.2) is 35.4 Å². The zero-order valence-electron chi connectivity index (χ0n) is 15.5. The Morgan fingerprint density at radius 1 is 1.22 bits per heavy atom. The van der Waals surface area contributed by atoms with E-state index in [1.54, 1.807) is 0 Å². The molecule has 3 nitrogen and oxygen atoms in total. The molecular formula is C22H25ClFNO2. The molecule has 0 spiro atoms. The summed E-state index contributed by atoms with van der Waals surface area (Å²) in [6, 6.07) is 13.3. The van der Waals surface area contributed by atoms with Crippen LogP contribution in [0.5, 0.6) is 0 Å². The second-order valence-corrected chi connectivity index (χ2v) is 7.89. The molecular weight excluding hydrogens is 365 g/mol. The molecule has 1 saturated heterocycles. The highest BCUT2D eigenvalue weighted by atomic mass is 35.5. The molecule has 2 aromatic rings. The van der Waals surface area contributed by atoms with Gasteiger partial charge in [-0.15, -0.1) is 0 Å². The van der Waals surface area contributed by atoms with E-state index in [0.717, 1.165) is 24.9 Å². The fourth-order valence-electron chi connectivity index (χ4n) is 3.81. The summed E-state index contributed by atoms with van der Waals surface area (Å²) in [4.78, 5) is 14.5. The van der Waals surface area contributed by atoms with Gasteiger partial charge in [-0.05, 0) is 74.7 Å². The zero-order valence-corrected chi connectivity index (χ0v) is 16.3. The van der Waals surface area contributed by atoms with Gasteiger partial charge in [0, 0.05) is 29.6 Å². The molecule has 27 heavy (non-hydrogen) atoms. The van der Waals surface area contributed by atoms with E-state index in [4.69, 9.17) is 11.6 Å². The van der Waals surface area contributed by atoms with Gasteiger partial charge in [0.25, 0.3) is 0 Å². The quantitative estimate of drug-likeness (QED) is 0.720. The number of hydrogen-bond acceptors (Lipinski definition) is 3. The number of carbonyl (C=O) groups excluding carboxylic acids is 1. The van der Waals surface area contributed by atoms with Crippen LogP contribution in [0.2, 0.25) is 5.02 Å². The van der Waals surface area contributed by atoms with Gasteiger partial charge < -0.3 is 10.0 Å². The van der Waals surface area contributed by atoms with Crippen molar-refractivity contribution in [2.24, 2.45) is 0 Å².